The number of halogens is 3. The number of ketones is 1. The summed E-state index contributed by atoms with van der Waals surface area (Å²) in [5.41, 5.74) is -0.991. The Hall–Kier alpha value is -1.94. The number of carbonyl (C=O) groups excluding carboxylic acids is 1. The molecule has 114 valence electrons. The molecule has 2 aromatic rings. The number of nitrogens with zero attached hydrogens (tertiary/aromatic N) is 3. The number of hydrogen-bond donors (Lipinski definition) is 0. The van der Waals surface area contributed by atoms with E-state index in [9.17, 15) is 26.4 Å². The van der Waals surface area contributed by atoms with Crippen molar-refractivity contribution in [3.05, 3.63) is 30.1 Å². The van der Waals surface area contributed by atoms with Gasteiger partial charge in [-0.3, -0.25) is 4.79 Å². The van der Waals surface area contributed by atoms with E-state index in [1.54, 1.807) is 0 Å². The van der Waals surface area contributed by atoms with Gasteiger partial charge in [-0.15, -0.1) is 0 Å². The first-order valence-electron chi connectivity index (χ1n) is 5.57. The van der Waals surface area contributed by atoms with Crippen molar-refractivity contribution in [2.24, 2.45) is 0 Å². The van der Waals surface area contributed by atoms with Gasteiger partial charge in [0.15, 0.2) is 5.65 Å². The minimum Gasteiger partial charge on any atom is -0.284 e. The van der Waals surface area contributed by atoms with Crippen molar-refractivity contribution in [2.75, 3.05) is 14.1 Å². The predicted octanol–water partition coefficient (Wildman–Crippen LogP) is 1.44. The molecule has 0 amide bonds. The van der Waals surface area contributed by atoms with Crippen LogP contribution in [0.5, 0.6) is 0 Å². The molecule has 0 unspecified atom stereocenters. The van der Waals surface area contributed by atoms with E-state index in [4.69, 9.17) is 0 Å². The fourth-order valence-corrected chi connectivity index (χ4v) is 2.67. The Bertz CT molecular complexity index is 809. The Balaban J connectivity index is 2.81. The molecule has 21 heavy (non-hydrogen) atoms. The summed E-state index contributed by atoms with van der Waals surface area (Å²) in [4.78, 5) is 15.2. The second-order valence-corrected chi connectivity index (χ2v) is 6.35. The largest absolute Gasteiger partial charge is 0.454 e. The fourth-order valence-electron chi connectivity index (χ4n) is 1.72. The van der Waals surface area contributed by atoms with Gasteiger partial charge in [-0.25, -0.2) is 8.96 Å². The monoisotopic (exact) mass is 321 g/mol. The van der Waals surface area contributed by atoms with E-state index in [2.05, 4.69) is 4.98 Å². The van der Waals surface area contributed by atoms with E-state index in [-0.39, 0.29) is 11.0 Å². The van der Waals surface area contributed by atoms with Crippen molar-refractivity contribution in [1.82, 2.24) is 13.3 Å². The summed E-state index contributed by atoms with van der Waals surface area (Å²) < 4.78 is 63.3. The van der Waals surface area contributed by atoms with Gasteiger partial charge in [-0.05, 0) is 12.1 Å². The highest BCUT2D eigenvalue weighted by atomic mass is 32.2. The maximum atomic E-state index is 12.6. The standard InChI is InChI=1S/C11H10F3N3O3S/c1-16(2)21(19,20)17-6-8(9(18)11(12,13)14)7-4-3-5-15-10(7)17/h3-6H,1-2H3. The first kappa shape index (κ1) is 15.4. The highest BCUT2D eigenvalue weighted by Gasteiger charge is 2.41. The highest BCUT2D eigenvalue weighted by Crippen LogP contribution is 2.28. The van der Waals surface area contributed by atoms with Crippen LogP contribution in [0.2, 0.25) is 0 Å². The zero-order valence-corrected chi connectivity index (χ0v) is 11.7. The second kappa shape index (κ2) is 4.81. The molecule has 10 heteroatoms. The molecule has 0 fully saturated rings. The van der Waals surface area contributed by atoms with Crippen LogP contribution in [0.3, 0.4) is 0 Å². The van der Waals surface area contributed by atoms with Gasteiger partial charge in [0, 0.05) is 31.9 Å². The molecule has 0 saturated carbocycles. The highest BCUT2D eigenvalue weighted by molar-refractivity contribution is 7.87. The third-order valence-electron chi connectivity index (χ3n) is 2.74. The molecule has 0 saturated heterocycles. The molecule has 2 rings (SSSR count). The Labute approximate surface area is 118 Å². The minimum absolute atomic E-state index is 0.176. The van der Waals surface area contributed by atoms with Crippen LogP contribution in [-0.4, -0.2) is 47.7 Å². The molecule has 0 aliphatic carbocycles. The van der Waals surface area contributed by atoms with E-state index < -0.39 is 27.7 Å². The lowest BCUT2D eigenvalue weighted by atomic mass is 10.1. The van der Waals surface area contributed by atoms with Crippen LogP contribution in [0, 0.1) is 0 Å². The van der Waals surface area contributed by atoms with Gasteiger partial charge in [0.2, 0.25) is 0 Å². The van der Waals surface area contributed by atoms with Crippen LogP contribution in [0.4, 0.5) is 13.2 Å². The van der Waals surface area contributed by atoms with E-state index in [0.29, 0.717) is 10.2 Å². The summed E-state index contributed by atoms with van der Waals surface area (Å²) in [5, 5.41) is -0.176. The first-order valence-corrected chi connectivity index (χ1v) is 6.97. The second-order valence-electron chi connectivity index (χ2n) is 4.33. The van der Waals surface area contributed by atoms with Crippen molar-refractivity contribution >= 4 is 27.0 Å². The normalized spacial score (nSPS) is 13.0. The van der Waals surface area contributed by atoms with Gasteiger partial charge in [-0.2, -0.15) is 25.9 Å². The van der Waals surface area contributed by atoms with Crippen LogP contribution < -0.4 is 0 Å². The molecule has 2 aromatic heterocycles. The number of aromatic nitrogens is 2. The van der Waals surface area contributed by atoms with E-state index in [1.807, 2.05) is 0 Å². The van der Waals surface area contributed by atoms with Crippen LogP contribution >= 0.6 is 0 Å². The van der Waals surface area contributed by atoms with Crippen molar-refractivity contribution < 1.29 is 26.4 Å². The van der Waals surface area contributed by atoms with Gasteiger partial charge >= 0.3 is 16.4 Å². The molecule has 0 N–H and O–H groups in total. The maximum Gasteiger partial charge on any atom is 0.454 e. The van der Waals surface area contributed by atoms with E-state index in [1.165, 1.54) is 32.4 Å². The number of fused-ring (bicyclic) bond motifs is 1. The predicted molar refractivity (Wildman–Crippen MR) is 68.1 cm³/mol. The molecule has 0 atom stereocenters. The Morgan fingerprint density at radius 2 is 1.95 bits per heavy atom. The van der Waals surface area contributed by atoms with Crippen LogP contribution in [0.1, 0.15) is 10.4 Å². The third kappa shape index (κ3) is 2.51. The maximum absolute atomic E-state index is 12.6. The number of alkyl halides is 3. The molecular weight excluding hydrogens is 311 g/mol. The Kier molecular flexibility index (Phi) is 3.54. The van der Waals surface area contributed by atoms with Crippen molar-refractivity contribution in [3.8, 4) is 0 Å². The van der Waals surface area contributed by atoms with Gasteiger partial charge in [0.1, 0.15) is 0 Å². The lowest BCUT2D eigenvalue weighted by Crippen LogP contribution is -2.28. The van der Waals surface area contributed by atoms with Gasteiger partial charge in [-0.1, -0.05) is 0 Å². The van der Waals surface area contributed by atoms with Crippen LogP contribution in [0.25, 0.3) is 11.0 Å². The zero-order valence-electron chi connectivity index (χ0n) is 10.9. The minimum atomic E-state index is -5.10. The average molecular weight is 321 g/mol. The topological polar surface area (TPSA) is 72.3 Å². The van der Waals surface area contributed by atoms with Crippen molar-refractivity contribution in [2.45, 2.75) is 6.18 Å². The quantitative estimate of drug-likeness (QED) is 0.802. The van der Waals surface area contributed by atoms with E-state index >= 15 is 0 Å². The molecule has 0 aliphatic heterocycles. The lowest BCUT2D eigenvalue weighted by Gasteiger charge is -2.12. The molecule has 6 nitrogen and oxygen atoms in total. The Morgan fingerprint density at radius 1 is 1.33 bits per heavy atom. The Morgan fingerprint density at radius 3 is 2.48 bits per heavy atom. The summed E-state index contributed by atoms with van der Waals surface area (Å²) in [6.45, 7) is 0. The van der Waals surface area contributed by atoms with Gasteiger partial charge < -0.3 is 0 Å². The number of Topliss-reactive ketones (excluding diaryl/α,β-unsaturated/α-hetero) is 1. The zero-order chi connectivity index (χ0) is 16.0. The number of rotatable bonds is 3. The van der Waals surface area contributed by atoms with Gasteiger partial charge in [0.05, 0.1) is 5.56 Å². The fraction of sp³-hybridized carbons (Fsp3) is 0.273. The molecule has 0 radical (unpaired) electrons. The molecule has 0 bridgehead atoms. The number of carbonyl (C=O) groups is 1. The summed E-state index contributed by atoms with van der Waals surface area (Å²) in [6.07, 6.45) is -3.23. The average Bonchev–Trinajstić information content (AvgIpc) is 2.76. The smallest absolute Gasteiger partial charge is 0.284 e. The molecule has 0 aliphatic rings. The summed E-state index contributed by atoms with van der Waals surface area (Å²) >= 11 is 0. The van der Waals surface area contributed by atoms with Crippen molar-refractivity contribution in [1.29, 1.82) is 0 Å². The SMILES string of the molecule is CN(C)S(=O)(=O)n1cc(C(=O)C(F)(F)F)c2cccnc21. The first-order chi connectivity index (χ1) is 9.56. The third-order valence-corrected chi connectivity index (χ3v) is 4.44. The summed E-state index contributed by atoms with van der Waals surface area (Å²) in [5.74, 6) is -2.12. The number of pyridine rings is 1. The van der Waals surface area contributed by atoms with Crippen LogP contribution in [0.15, 0.2) is 24.5 Å². The lowest BCUT2D eigenvalue weighted by molar-refractivity contribution is -0.0884. The van der Waals surface area contributed by atoms with Gasteiger partial charge in [0.25, 0.3) is 5.78 Å². The van der Waals surface area contributed by atoms with E-state index in [0.717, 1.165) is 4.31 Å². The molecule has 2 heterocycles. The summed E-state index contributed by atoms with van der Waals surface area (Å²) in [7, 11) is -1.66. The van der Waals surface area contributed by atoms with Crippen molar-refractivity contribution in [3.63, 3.8) is 0 Å². The molecule has 0 spiro atoms. The van der Waals surface area contributed by atoms with Crippen LogP contribution in [-0.2, 0) is 10.2 Å². The molecular formula is C11H10F3N3O3S. The number of hydrogen-bond acceptors (Lipinski definition) is 4. The summed E-state index contributed by atoms with van der Waals surface area (Å²) in [6, 6.07) is 2.53. The molecule has 0 aromatic carbocycles.